The molecule has 1 atom stereocenters. The third kappa shape index (κ3) is 4.12. The van der Waals surface area contributed by atoms with Gasteiger partial charge in [0.15, 0.2) is 0 Å². The molecule has 0 saturated heterocycles. The molecule has 0 amide bonds. The highest BCUT2D eigenvalue weighted by atomic mass is 16.6. The van der Waals surface area contributed by atoms with E-state index in [-0.39, 0.29) is 0 Å². The summed E-state index contributed by atoms with van der Waals surface area (Å²) in [6, 6.07) is 0.958. The van der Waals surface area contributed by atoms with Gasteiger partial charge in [-0.15, -0.1) is 0 Å². The minimum Gasteiger partial charge on any atom is -0.459 e. The number of carbonyl (C=O) groups is 1. The van der Waals surface area contributed by atoms with Crippen LogP contribution in [0.1, 0.15) is 20.8 Å². The van der Waals surface area contributed by atoms with Crippen molar-refractivity contribution in [2.45, 2.75) is 39.0 Å². The van der Waals surface area contributed by atoms with E-state index < -0.39 is 17.6 Å². The number of hydrogen-bond acceptors (Lipinski definition) is 4. The zero-order valence-corrected chi connectivity index (χ0v) is 9.23. The van der Waals surface area contributed by atoms with Crippen molar-refractivity contribution >= 4 is 5.97 Å². The Morgan fingerprint density at radius 2 is 2.33 bits per heavy atom. The van der Waals surface area contributed by atoms with Gasteiger partial charge in [-0.05, 0) is 26.8 Å². The van der Waals surface area contributed by atoms with Crippen LogP contribution >= 0.6 is 0 Å². The lowest BCUT2D eigenvalue weighted by Gasteiger charge is -2.22. The van der Waals surface area contributed by atoms with E-state index in [0.29, 0.717) is 6.54 Å². The summed E-state index contributed by atoms with van der Waals surface area (Å²) in [5.74, 6) is -0.419. The van der Waals surface area contributed by atoms with Crippen LogP contribution in [0.4, 0.5) is 0 Å². The molecule has 1 heterocycles. The first kappa shape index (κ1) is 11.7. The topological polar surface area (TPSA) is 70.1 Å². The highest BCUT2D eigenvalue weighted by molar-refractivity contribution is 5.75. The molecule has 15 heavy (non-hydrogen) atoms. The van der Waals surface area contributed by atoms with Crippen LogP contribution in [0.2, 0.25) is 0 Å². The van der Waals surface area contributed by atoms with Gasteiger partial charge in [-0.2, -0.15) is 5.10 Å². The molecule has 1 radical (unpaired) electrons. The molecule has 1 aromatic heterocycles. The fourth-order valence-electron chi connectivity index (χ4n) is 1.02. The first-order valence-corrected chi connectivity index (χ1v) is 4.76. The number of nitrogens with zero attached hydrogens (tertiary/aromatic N) is 2. The lowest BCUT2D eigenvalue weighted by Crippen LogP contribution is -2.40. The zero-order valence-electron chi connectivity index (χ0n) is 9.23. The number of nitrogens with two attached hydrogens (primary N) is 1. The molecule has 0 aromatic carbocycles. The van der Waals surface area contributed by atoms with E-state index >= 15 is 0 Å². The maximum Gasteiger partial charge on any atom is 0.325 e. The molecule has 0 aliphatic rings. The van der Waals surface area contributed by atoms with Crippen molar-refractivity contribution in [3.05, 3.63) is 18.5 Å². The van der Waals surface area contributed by atoms with Gasteiger partial charge in [-0.25, -0.2) is 0 Å². The molecule has 0 fully saturated rings. The second-order valence-corrected chi connectivity index (χ2v) is 4.31. The van der Waals surface area contributed by atoms with E-state index in [0.717, 1.165) is 0 Å². The van der Waals surface area contributed by atoms with Crippen molar-refractivity contribution in [2.24, 2.45) is 5.73 Å². The Balaban J connectivity index is 2.47. The first-order valence-electron chi connectivity index (χ1n) is 4.76. The fourth-order valence-corrected chi connectivity index (χ4v) is 1.02. The van der Waals surface area contributed by atoms with Crippen molar-refractivity contribution < 1.29 is 9.53 Å². The maximum atomic E-state index is 11.5. The van der Waals surface area contributed by atoms with Crippen LogP contribution in [0, 0.1) is 6.20 Å². The Morgan fingerprint density at radius 3 is 2.80 bits per heavy atom. The highest BCUT2D eigenvalue weighted by Crippen LogP contribution is 2.08. The summed E-state index contributed by atoms with van der Waals surface area (Å²) in [5.41, 5.74) is 5.16. The van der Waals surface area contributed by atoms with E-state index in [9.17, 15) is 4.79 Å². The molecule has 0 aliphatic heterocycles. The Kier molecular flexibility index (Phi) is 3.47. The van der Waals surface area contributed by atoms with Gasteiger partial charge in [0.2, 0.25) is 0 Å². The quantitative estimate of drug-likeness (QED) is 0.731. The van der Waals surface area contributed by atoms with Gasteiger partial charge in [-0.1, -0.05) is 0 Å². The van der Waals surface area contributed by atoms with E-state index in [4.69, 9.17) is 10.5 Å². The predicted molar refractivity (Wildman–Crippen MR) is 54.9 cm³/mol. The fraction of sp³-hybridized carbons (Fsp3) is 0.600. The molecular formula is C10H16N3O2. The summed E-state index contributed by atoms with van der Waals surface area (Å²) in [7, 11) is 0. The molecule has 5 nitrogen and oxygen atoms in total. The Hall–Kier alpha value is -1.36. The van der Waals surface area contributed by atoms with Gasteiger partial charge in [0.05, 0.1) is 6.54 Å². The summed E-state index contributed by atoms with van der Waals surface area (Å²) in [6.07, 6.45) is 4.33. The van der Waals surface area contributed by atoms with Crippen LogP contribution in [-0.2, 0) is 16.1 Å². The smallest absolute Gasteiger partial charge is 0.325 e. The molecule has 0 spiro atoms. The van der Waals surface area contributed by atoms with E-state index in [1.807, 2.05) is 0 Å². The van der Waals surface area contributed by atoms with Crippen LogP contribution in [0.25, 0.3) is 0 Å². The first-order chi connectivity index (χ1) is 6.88. The van der Waals surface area contributed by atoms with Gasteiger partial charge >= 0.3 is 5.97 Å². The summed E-state index contributed by atoms with van der Waals surface area (Å²) >= 11 is 0. The van der Waals surface area contributed by atoms with Crippen molar-refractivity contribution in [2.75, 3.05) is 0 Å². The Labute approximate surface area is 89.2 Å². The number of aromatic nitrogens is 2. The van der Waals surface area contributed by atoms with Crippen molar-refractivity contribution in [1.29, 1.82) is 0 Å². The van der Waals surface area contributed by atoms with Crippen LogP contribution < -0.4 is 5.73 Å². The standard InChI is InChI=1S/C10H16N3O2/c1-10(2,3)15-9(14)8(11)7-13-6-4-5-12-13/h4,6,8H,7,11H2,1-3H3. The SMILES string of the molecule is CC(C)(C)OC(=O)C(N)Cn1cc[c]n1. The Morgan fingerprint density at radius 1 is 1.67 bits per heavy atom. The average Bonchev–Trinajstić information content (AvgIpc) is 2.53. The minimum absolute atomic E-state index is 0.304. The molecular weight excluding hydrogens is 194 g/mol. The average molecular weight is 210 g/mol. The number of ether oxygens (including phenoxy) is 1. The number of hydrogen-bond donors (Lipinski definition) is 1. The van der Waals surface area contributed by atoms with E-state index in [1.54, 1.807) is 37.7 Å². The maximum absolute atomic E-state index is 11.5. The second-order valence-electron chi connectivity index (χ2n) is 4.31. The zero-order chi connectivity index (χ0) is 11.5. The highest BCUT2D eigenvalue weighted by Gasteiger charge is 2.22. The number of rotatable bonds is 3. The van der Waals surface area contributed by atoms with Crippen LogP contribution in [0.15, 0.2) is 12.3 Å². The monoisotopic (exact) mass is 210 g/mol. The predicted octanol–water partition coefficient (Wildman–Crippen LogP) is 0.352. The molecule has 0 saturated carbocycles. The van der Waals surface area contributed by atoms with Gasteiger partial charge in [-0.3, -0.25) is 9.48 Å². The van der Waals surface area contributed by atoms with Crippen LogP contribution in [0.3, 0.4) is 0 Å². The van der Waals surface area contributed by atoms with Gasteiger partial charge in [0, 0.05) is 6.20 Å². The van der Waals surface area contributed by atoms with Crippen molar-refractivity contribution in [3.63, 3.8) is 0 Å². The normalized spacial score (nSPS) is 13.6. The molecule has 83 valence electrons. The van der Waals surface area contributed by atoms with Gasteiger partial charge in [0.25, 0.3) is 0 Å². The molecule has 0 aliphatic carbocycles. The molecule has 2 N–H and O–H groups in total. The Bertz CT molecular complexity index is 314. The second kappa shape index (κ2) is 4.44. The molecule has 5 heteroatoms. The summed E-state index contributed by atoms with van der Waals surface area (Å²) in [5, 5.41) is 3.84. The van der Waals surface area contributed by atoms with Gasteiger partial charge in [0.1, 0.15) is 17.8 Å². The third-order valence-corrected chi connectivity index (χ3v) is 1.60. The molecule has 1 rings (SSSR count). The molecule has 1 unspecified atom stereocenters. The minimum atomic E-state index is -0.697. The van der Waals surface area contributed by atoms with Gasteiger partial charge < -0.3 is 10.5 Å². The lowest BCUT2D eigenvalue weighted by atomic mass is 10.2. The summed E-state index contributed by atoms with van der Waals surface area (Å²) in [6.45, 7) is 5.72. The lowest BCUT2D eigenvalue weighted by molar-refractivity contribution is -0.156. The summed E-state index contributed by atoms with van der Waals surface area (Å²) in [4.78, 5) is 11.5. The molecule has 1 aromatic rings. The number of esters is 1. The van der Waals surface area contributed by atoms with Crippen LogP contribution in [-0.4, -0.2) is 27.4 Å². The number of carbonyl (C=O) groups excluding carboxylic acids is 1. The van der Waals surface area contributed by atoms with E-state index in [2.05, 4.69) is 11.3 Å². The van der Waals surface area contributed by atoms with Crippen molar-refractivity contribution in [1.82, 2.24) is 9.78 Å². The third-order valence-electron chi connectivity index (χ3n) is 1.60. The van der Waals surface area contributed by atoms with Crippen molar-refractivity contribution in [3.8, 4) is 0 Å². The van der Waals surface area contributed by atoms with Crippen LogP contribution in [0.5, 0.6) is 0 Å². The summed E-state index contributed by atoms with van der Waals surface area (Å²) < 4.78 is 6.68. The largest absolute Gasteiger partial charge is 0.459 e. The van der Waals surface area contributed by atoms with E-state index in [1.165, 1.54) is 0 Å². The molecule has 0 bridgehead atoms.